The number of benzene rings is 1. The van der Waals surface area contributed by atoms with Crippen molar-refractivity contribution >= 4 is 16.0 Å². The molecule has 0 unspecified atom stereocenters. The van der Waals surface area contributed by atoms with Crippen LogP contribution >= 0.6 is 0 Å². The summed E-state index contributed by atoms with van der Waals surface area (Å²) in [6, 6.07) is 3.12. The van der Waals surface area contributed by atoms with E-state index in [1.165, 1.54) is 6.07 Å². The molecule has 0 spiro atoms. The zero-order valence-electron chi connectivity index (χ0n) is 10.3. The first-order chi connectivity index (χ1) is 8.79. The zero-order chi connectivity index (χ0) is 14.2. The third-order valence-corrected chi connectivity index (χ3v) is 4.72. The Morgan fingerprint density at radius 2 is 2.00 bits per heavy atom. The maximum absolute atomic E-state index is 12.0. The first-order valence-corrected chi connectivity index (χ1v) is 7.36. The van der Waals surface area contributed by atoms with Gasteiger partial charge in [0.2, 0.25) is 10.0 Å². The van der Waals surface area contributed by atoms with Crippen molar-refractivity contribution in [2.45, 2.75) is 30.7 Å². The molecular weight excluding hydrogens is 270 g/mol. The molecule has 0 saturated heterocycles. The summed E-state index contributed by atoms with van der Waals surface area (Å²) in [7, 11) is -3.74. The van der Waals surface area contributed by atoms with E-state index >= 15 is 0 Å². The molecule has 1 aliphatic rings. The number of aromatic carboxylic acids is 1. The van der Waals surface area contributed by atoms with Gasteiger partial charge in [-0.2, -0.15) is 0 Å². The minimum absolute atomic E-state index is 0.0953. The summed E-state index contributed by atoms with van der Waals surface area (Å²) >= 11 is 0. The van der Waals surface area contributed by atoms with Gasteiger partial charge in [-0.1, -0.05) is 6.92 Å². The van der Waals surface area contributed by atoms with Crippen LogP contribution in [0.2, 0.25) is 0 Å². The molecule has 3 N–H and O–H groups in total. The second-order valence-electron chi connectivity index (χ2n) is 4.88. The topological polar surface area (TPSA) is 104 Å². The molecule has 0 bridgehead atoms. The number of rotatable bonds is 4. The lowest BCUT2D eigenvalue weighted by atomic mass is 9.83. The molecular formula is C12H15NO5S. The van der Waals surface area contributed by atoms with Crippen LogP contribution in [0.3, 0.4) is 0 Å². The first kappa shape index (κ1) is 13.8. The van der Waals surface area contributed by atoms with Gasteiger partial charge in [0.05, 0.1) is 4.90 Å². The molecule has 2 rings (SSSR count). The Morgan fingerprint density at radius 3 is 2.53 bits per heavy atom. The van der Waals surface area contributed by atoms with Crippen molar-refractivity contribution in [3.8, 4) is 5.75 Å². The molecule has 1 aromatic rings. The molecule has 1 aliphatic carbocycles. The average molecular weight is 285 g/mol. The van der Waals surface area contributed by atoms with Crippen LogP contribution in [0, 0.1) is 5.92 Å². The maximum atomic E-state index is 12.0. The standard InChI is InChI=1S/C12H15NO5S/c1-7-4-8(5-7)13-19(17,18)9-2-3-11(14)10(6-9)12(15)16/h2-3,6-8,13-14H,4-5H2,1H3,(H,15,16). The molecule has 0 amide bonds. The summed E-state index contributed by atoms with van der Waals surface area (Å²) in [5.74, 6) is -1.32. The fraction of sp³-hybridized carbons (Fsp3) is 0.417. The molecule has 0 aliphatic heterocycles. The van der Waals surface area contributed by atoms with E-state index in [-0.39, 0.29) is 10.9 Å². The molecule has 1 fully saturated rings. The van der Waals surface area contributed by atoms with Crippen LogP contribution in [0.25, 0.3) is 0 Å². The summed E-state index contributed by atoms with van der Waals surface area (Å²) < 4.78 is 26.6. The molecule has 19 heavy (non-hydrogen) atoms. The number of nitrogens with one attached hydrogen (secondary N) is 1. The summed E-state index contributed by atoms with van der Waals surface area (Å²) in [4.78, 5) is 10.7. The minimum Gasteiger partial charge on any atom is -0.507 e. The largest absolute Gasteiger partial charge is 0.507 e. The number of hydrogen-bond acceptors (Lipinski definition) is 4. The third-order valence-electron chi connectivity index (χ3n) is 3.20. The molecule has 0 heterocycles. The average Bonchev–Trinajstić information content (AvgIpc) is 2.26. The van der Waals surface area contributed by atoms with Crippen LogP contribution in [0.15, 0.2) is 23.1 Å². The number of aromatic hydroxyl groups is 1. The van der Waals surface area contributed by atoms with E-state index in [4.69, 9.17) is 5.11 Å². The lowest BCUT2D eigenvalue weighted by Gasteiger charge is -2.32. The van der Waals surface area contributed by atoms with Crippen LogP contribution in [0.5, 0.6) is 5.75 Å². The minimum atomic E-state index is -3.74. The second-order valence-corrected chi connectivity index (χ2v) is 6.59. The molecule has 1 aromatic carbocycles. The van der Waals surface area contributed by atoms with Crippen LogP contribution in [0.1, 0.15) is 30.1 Å². The lowest BCUT2D eigenvalue weighted by molar-refractivity contribution is 0.0693. The monoisotopic (exact) mass is 285 g/mol. The molecule has 7 heteroatoms. The van der Waals surface area contributed by atoms with Gasteiger partial charge in [0, 0.05) is 6.04 Å². The maximum Gasteiger partial charge on any atom is 0.339 e. The zero-order valence-corrected chi connectivity index (χ0v) is 11.1. The fourth-order valence-corrected chi connectivity index (χ4v) is 3.43. The quantitative estimate of drug-likeness (QED) is 0.770. The molecule has 0 atom stereocenters. The van der Waals surface area contributed by atoms with E-state index in [2.05, 4.69) is 4.72 Å². The van der Waals surface area contributed by atoms with Gasteiger partial charge in [0.15, 0.2) is 0 Å². The fourth-order valence-electron chi connectivity index (χ4n) is 2.14. The predicted molar refractivity (Wildman–Crippen MR) is 67.6 cm³/mol. The van der Waals surface area contributed by atoms with Crippen molar-refractivity contribution in [3.63, 3.8) is 0 Å². The highest BCUT2D eigenvalue weighted by Crippen LogP contribution is 2.28. The van der Waals surface area contributed by atoms with E-state index in [9.17, 15) is 18.3 Å². The van der Waals surface area contributed by atoms with Gasteiger partial charge in [0.1, 0.15) is 11.3 Å². The Labute approximate surface area is 111 Å². The number of sulfonamides is 1. The van der Waals surface area contributed by atoms with Crippen LogP contribution in [0.4, 0.5) is 0 Å². The number of carboxylic acids is 1. The Bertz CT molecular complexity index is 605. The summed E-state index contributed by atoms with van der Waals surface area (Å²) in [6.07, 6.45) is 1.56. The van der Waals surface area contributed by atoms with Gasteiger partial charge in [-0.05, 0) is 37.0 Å². The second kappa shape index (κ2) is 4.82. The van der Waals surface area contributed by atoms with E-state index in [1.54, 1.807) is 0 Å². The highest BCUT2D eigenvalue weighted by molar-refractivity contribution is 7.89. The SMILES string of the molecule is CC1CC(NS(=O)(=O)c2ccc(O)c(C(=O)O)c2)C1. The number of phenols is 1. The normalized spacial score (nSPS) is 22.8. The van der Waals surface area contributed by atoms with Gasteiger partial charge in [-0.15, -0.1) is 0 Å². The Kier molecular flexibility index (Phi) is 3.51. The smallest absolute Gasteiger partial charge is 0.339 e. The van der Waals surface area contributed by atoms with Gasteiger partial charge >= 0.3 is 5.97 Å². The van der Waals surface area contributed by atoms with Gasteiger partial charge < -0.3 is 10.2 Å². The van der Waals surface area contributed by atoms with E-state index in [0.29, 0.717) is 5.92 Å². The summed E-state index contributed by atoms with van der Waals surface area (Å²) in [5, 5.41) is 18.2. The highest BCUT2D eigenvalue weighted by Gasteiger charge is 2.30. The van der Waals surface area contributed by atoms with Crippen LogP contribution in [-0.2, 0) is 10.0 Å². The van der Waals surface area contributed by atoms with E-state index < -0.39 is 27.3 Å². The summed E-state index contributed by atoms with van der Waals surface area (Å²) in [5.41, 5.74) is -0.426. The van der Waals surface area contributed by atoms with Gasteiger partial charge in [-0.3, -0.25) is 0 Å². The summed E-state index contributed by atoms with van der Waals surface area (Å²) in [6.45, 7) is 2.04. The van der Waals surface area contributed by atoms with Crippen LogP contribution < -0.4 is 4.72 Å². The number of carbonyl (C=O) groups is 1. The van der Waals surface area contributed by atoms with Crippen molar-refractivity contribution in [2.24, 2.45) is 5.92 Å². The van der Waals surface area contributed by atoms with Crippen molar-refractivity contribution in [2.75, 3.05) is 0 Å². The first-order valence-electron chi connectivity index (χ1n) is 5.88. The molecule has 6 nitrogen and oxygen atoms in total. The third kappa shape index (κ3) is 2.87. The highest BCUT2D eigenvalue weighted by atomic mass is 32.2. The lowest BCUT2D eigenvalue weighted by Crippen LogP contribution is -2.43. The van der Waals surface area contributed by atoms with Crippen molar-refractivity contribution < 1.29 is 23.4 Å². The molecule has 1 saturated carbocycles. The van der Waals surface area contributed by atoms with Crippen LogP contribution in [-0.4, -0.2) is 30.6 Å². The van der Waals surface area contributed by atoms with Crippen molar-refractivity contribution in [3.05, 3.63) is 23.8 Å². The van der Waals surface area contributed by atoms with E-state index in [1.807, 2.05) is 6.92 Å². The Balaban J connectivity index is 2.25. The number of carboxylic acid groups (broad SMARTS) is 1. The van der Waals surface area contributed by atoms with Gasteiger partial charge in [-0.25, -0.2) is 17.9 Å². The van der Waals surface area contributed by atoms with Crippen molar-refractivity contribution in [1.82, 2.24) is 4.72 Å². The predicted octanol–water partition coefficient (Wildman–Crippen LogP) is 1.17. The Hall–Kier alpha value is -1.60. The molecule has 104 valence electrons. The Morgan fingerprint density at radius 1 is 1.37 bits per heavy atom. The molecule has 0 aromatic heterocycles. The molecule has 0 radical (unpaired) electrons. The van der Waals surface area contributed by atoms with Crippen molar-refractivity contribution in [1.29, 1.82) is 0 Å². The van der Waals surface area contributed by atoms with Gasteiger partial charge in [0.25, 0.3) is 0 Å². The number of hydrogen-bond donors (Lipinski definition) is 3. The van der Waals surface area contributed by atoms with E-state index in [0.717, 1.165) is 25.0 Å².